The zero-order valence-electron chi connectivity index (χ0n) is 21.6. The number of rotatable bonds is 7. The van der Waals surface area contributed by atoms with Gasteiger partial charge in [-0.25, -0.2) is 14.7 Å². The molecule has 0 N–H and O–H groups in total. The van der Waals surface area contributed by atoms with E-state index in [1.165, 1.54) is 24.3 Å². The fraction of sp³-hybridized carbons (Fsp3) is 0.267. The molecule has 2 aromatic carbocycles. The molecule has 1 aromatic heterocycles. The molecule has 202 valence electrons. The van der Waals surface area contributed by atoms with Gasteiger partial charge in [0.05, 0.1) is 27.1 Å². The number of imide groups is 1. The molecule has 2 amide bonds. The number of nitrogens with zero attached hydrogens (tertiary/aromatic N) is 3. The lowest BCUT2D eigenvalue weighted by Crippen LogP contribution is -2.31. The van der Waals surface area contributed by atoms with Crippen molar-refractivity contribution < 1.29 is 23.9 Å². The molecule has 2 heterocycles. The van der Waals surface area contributed by atoms with Crippen LogP contribution in [0.25, 0.3) is 0 Å². The number of thioether (sulfide) groups is 1. The lowest BCUT2D eigenvalue weighted by molar-refractivity contribution is -0.121. The van der Waals surface area contributed by atoms with Gasteiger partial charge >= 0.3 is 5.97 Å². The van der Waals surface area contributed by atoms with Crippen LogP contribution in [0.4, 0.5) is 5.69 Å². The van der Waals surface area contributed by atoms with Gasteiger partial charge in [0, 0.05) is 17.7 Å². The van der Waals surface area contributed by atoms with Gasteiger partial charge in [-0.05, 0) is 73.2 Å². The van der Waals surface area contributed by atoms with Crippen molar-refractivity contribution in [3.63, 3.8) is 0 Å². The number of anilines is 1. The molecule has 0 radical (unpaired) electrons. The van der Waals surface area contributed by atoms with Crippen molar-refractivity contribution in [1.29, 1.82) is 5.26 Å². The van der Waals surface area contributed by atoms with E-state index in [0.717, 1.165) is 47.2 Å². The maximum absolute atomic E-state index is 13.2. The largest absolute Gasteiger partial charge is 0.454 e. The van der Waals surface area contributed by atoms with E-state index in [2.05, 4.69) is 13.0 Å². The molecule has 1 aliphatic heterocycles. The Hall–Kier alpha value is -4.00. The molecule has 5 rings (SSSR count). The lowest BCUT2D eigenvalue weighted by Gasteiger charge is -2.22. The minimum Gasteiger partial charge on any atom is -0.454 e. The first-order valence-electron chi connectivity index (χ1n) is 12.8. The van der Waals surface area contributed by atoms with E-state index >= 15 is 0 Å². The van der Waals surface area contributed by atoms with Gasteiger partial charge in [-0.3, -0.25) is 14.4 Å². The zero-order valence-corrected chi connectivity index (χ0v) is 23.1. The van der Waals surface area contributed by atoms with Gasteiger partial charge in [-0.2, -0.15) is 5.26 Å². The monoisotopic (exact) mass is 573 g/mol. The number of carbonyl (C=O) groups excluding carboxylic acids is 4. The Balaban J connectivity index is 1.25. The number of ketones is 1. The summed E-state index contributed by atoms with van der Waals surface area (Å²) in [5, 5.41) is 9.71. The predicted molar refractivity (Wildman–Crippen MR) is 149 cm³/mol. The Kier molecular flexibility index (Phi) is 8.01. The second-order valence-electron chi connectivity index (χ2n) is 9.81. The number of halogens is 1. The molecule has 1 fully saturated rings. The van der Waals surface area contributed by atoms with Crippen LogP contribution in [0.2, 0.25) is 5.02 Å². The van der Waals surface area contributed by atoms with Crippen LogP contribution in [0.15, 0.2) is 59.6 Å². The molecule has 0 spiro atoms. The molecule has 1 aliphatic carbocycles. The van der Waals surface area contributed by atoms with Crippen LogP contribution >= 0.6 is 23.4 Å². The topological polar surface area (TPSA) is 117 Å². The fourth-order valence-corrected chi connectivity index (χ4v) is 6.16. The molecular formula is C30H24ClN3O5S. The van der Waals surface area contributed by atoms with Crippen LogP contribution in [0.3, 0.4) is 0 Å². The zero-order chi connectivity index (χ0) is 28.4. The second-order valence-corrected chi connectivity index (χ2v) is 11.4. The number of hydrogen-bond acceptors (Lipinski definition) is 8. The number of ether oxygens (including phenoxy) is 1. The number of hydrogen-bond donors (Lipinski definition) is 0. The van der Waals surface area contributed by atoms with E-state index in [-0.39, 0.29) is 28.5 Å². The molecule has 2 aliphatic rings. The van der Waals surface area contributed by atoms with Gasteiger partial charge in [0.1, 0.15) is 11.1 Å². The normalized spacial score (nSPS) is 18.3. The summed E-state index contributed by atoms with van der Waals surface area (Å²) in [5.74, 6) is -1.42. The summed E-state index contributed by atoms with van der Waals surface area (Å²) in [7, 11) is 0. The van der Waals surface area contributed by atoms with Crippen LogP contribution in [-0.2, 0) is 27.2 Å². The predicted octanol–water partition coefficient (Wildman–Crippen LogP) is 5.20. The third kappa shape index (κ3) is 5.64. The van der Waals surface area contributed by atoms with Crippen LogP contribution in [0.1, 0.15) is 57.3 Å². The number of esters is 1. The molecule has 3 aromatic rings. The van der Waals surface area contributed by atoms with Gasteiger partial charge in [-0.15, -0.1) is 0 Å². The Labute approximate surface area is 240 Å². The molecular weight excluding hydrogens is 550 g/mol. The summed E-state index contributed by atoms with van der Waals surface area (Å²) in [6.07, 6.45) is 2.68. The van der Waals surface area contributed by atoms with Crippen molar-refractivity contribution in [2.75, 3.05) is 11.5 Å². The molecule has 2 atom stereocenters. The number of pyridine rings is 1. The number of aromatic nitrogens is 1. The van der Waals surface area contributed by atoms with E-state index in [1.807, 2.05) is 6.07 Å². The summed E-state index contributed by atoms with van der Waals surface area (Å²) in [6.45, 7) is 1.70. The number of nitriles is 1. The first-order valence-corrected chi connectivity index (χ1v) is 14.0. The van der Waals surface area contributed by atoms with Crippen molar-refractivity contribution in [3.8, 4) is 6.07 Å². The highest BCUT2D eigenvalue weighted by atomic mass is 35.5. The highest BCUT2D eigenvalue weighted by molar-refractivity contribution is 8.00. The minimum atomic E-state index is -0.726. The average Bonchev–Trinajstić information content (AvgIpc) is 3.23. The standard InChI is InChI=1S/C30H24ClN3O5S/c1-17-6-11-24-19(12-17)13-20(15-32)28(33-24)40-26-14-27(36)34(29(26)37)21-9-7-18(8-10-21)30(38)39-16-25(35)22-4-2-3-5-23(22)31/h2-5,7-10,13,17,26H,6,11-12,14,16H2,1H3. The third-order valence-corrected chi connectivity index (χ3v) is 8.46. The fourth-order valence-electron chi connectivity index (χ4n) is 4.83. The van der Waals surface area contributed by atoms with Gasteiger partial charge in [0.25, 0.3) is 0 Å². The molecule has 8 nitrogen and oxygen atoms in total. The van der Waals surface area contributed by atoms with Crippen LogP contribution in [0, 0.1) is 17.2 Å². The Bertz CT molecular complexity index is 1570. The van der Waals surface area contributed by atoms with Crippen molar-refractivity contribution in [1.82, 2.24) is 4.98 Å². The third-order valence-electron chi connectivity index (χ3n) is 6.95. The van der Waals surface area contributed by atoms with E-state index in [4.69, 9.17) is 21.3 Å². The summed E-state index contributed by atoms with van der Waals surface area (Å²) in [6, 6.07) is 16.3. The smallest absolute Gasteiger partial charge is 0.338 e. The molecule has 40 heavy (non-hydrogen) atoms. The molecule has 0 bridgehead atoms. The highest BCUT2D eigenvalue weighted by Crippen LogP contribution is 2.36. The van der Waals surface area contributed by atoms with Crippen molar-refractivity contribution in [2.45, 2.75) is 42.9 Å². The summed E-state index contributed by atoms with van der Waals surface area (Å²) < 4.78 is 5.13. The lowest BCUT2D eigenvalue weighted by atomic mass is 9.87. The summed E-state index contributed by atoms with van der Waals surface area (Å²) in [5.41, 5.74) is 3.16. The van der Waals surface area contributed by atoms with Gasteiger partial charge in [0.2, 0.25) is 17.6 Å². The molecule has 0 saturated carbocycles. The van der Waals surface area contributed by atoms with Crippen molar-refractivity contribution in [2.24, 2.45) is 5.92 Å². The average molecular weight is 574 g/mol. The maximum atomic E-state index is 13.2. The van der Waals surface area contributed by atoms with E-state index < -0.39 is 29.5 Å². The highest BCUT2D eigenvalue weighted by Gasteiger charge is 2.41. The van der Waals surface area contributed by atoms with Gasteiger partial charge in [0.15, 0.2) is 6.61 Å². The SMILES string of the molecule is CC1CCc2nc(SC3CC(=O)N(c4ccc(C(=O)OCC(=O)c5ccccc5Cl)cc4)C3=O)c(C#N)cc2C1. The number of Topliss-reactive ketones (excluding diaryl/α,β-unsaturated/α-hetero) is 1. The van der Waals surface area contributed by atoms with E-state index in [0.29, 0.717) is 22.2 Å². The number of fused-ring (bicyclic) bond motifs is 1. The van der Waals surface area contributed by atoms with E-state index in [9.17, 15) is 24.4 Å². The minimum absolute atomic E-state index is 0.0296. The maximum Gasteiger partial charge on any atom is 0.338 e. The number of benzene rings is 2. The van der Waals surface area contributed by atoms with E-state index in [1.54, 1.807) is 24.3 Å². The van der Waals surface area contributed by atoms with Crippen LogP contribution in [-0.4, -0.2) is 40.4 Å². The number of aryl methyl sites for hydroxylation is 1. The molecule has 2 unspecified atom stereocenters. The number of amides is 2. The Morgan fingerprint density at radius 1 is 1.15 bits per heavy atom. The summed E-state index contributed by atoms with van der Waals surface area (Å²) >= 11 is 7.16. The Morgan fingerprint density at radius 3 is 2.62 bits per heavy atom. The van der Waals surface area contributed by atoms with Gasteiger partial charge in [-0.1, -0.05) is 42.4 Å². The molecule has 10 heteroatoms. The van der Waals surface area contributed by atoms with Crippen molar-refractivity contribution in [3.05, 3.63) is 87.6 Å². The molecule has 1 saturated heterocycles. The van der Waals surface area contributed by atoms with Gasteiger partial charge < -0.3 is 4.74 Å². The first-order chi connectivity index (χ1) is 19.2. The van der Waals surface area contributed by atoms with Crippen molar-refractivity contribution >= 4 is 52.6 Å². The Morgan fingerprint density at radius 2 is 1.90 bits per heavy atom. The van der Waals surface area contributed by atoms with Crippen LogP contribution in [0.5, 0.6) is 0 Å². The number of carbonyl (C=O) groups is 4. The second kappa shape index (κ2) is 11.6. The quantitative estimate of drug-likeness (QED) is 0.215. The van der Waals surface area contributed by atoms with Crippen LogP contribution < -0.4 is 4.90 Å². The first kappa shape index (κ1) is 27.6. The summed E-state index contributed by atoms with van der Waals surface area (Å²) in [4.78, 5) is 56.7.